The predicted octanol–water partition coefficient (Wildman–Crippen LogP) is 1.76. The summed E-state index contributed by atoms with van der Waals surface area (Å²) in [5.74, 6) is -1.76. The van der Waals surface area contributed by atoms with E-state index in [1.165, 1.54) is 12.1 Å². The molecule has 0 aliphatic heterocycles. The number of nitrogens with zero attached hydrogens (tertiary/aromatic N) is 3. The lowest BCUT2D eigenvalue weighted by Crippen LogP contribution is -2.08. The van der Waals surface area contributed by atoms with E-state index < -0.39 is 11.8 Å². The van der Waals surface area contributed by atoms with Crippen molar-refractivity contribution in [2.75, 3.05) is 0 Å². The number of halogens is 2. The van der Waals surface area contributed by atoms with Crippen LogP contribution in [0.2, 0.25) is 5.02 Å². The minimum Gasteiger partial charge on any atom is -0.476 e. The molecule has 1 aromatic heterocycles. The van der Waals surface area contributed by atoms with Gasteiger partial charge < -0.3 is 5.11 Å². The Hall–Kier alpha value is -1.95. The molecule has 0 aliphatic rings. The summed E-state index contributed by atoms with van der Waals surface area (Å²) in [4.78, 5) is 10.8. The number of carboxylic acids is 1. The van der Waals surface area contributed by atoms with Gasteiger partial charge in [-0.2, -0.15) is 0 Å². The number of carbonyl (C=O) groups is 1. The molecule has 82 valence electrons. The van der Waals surface area contributed by atoms with Crippen LogP contribution in [0.25, 0.3) is 5.69 Å². The molecule has 0 amide bonds. The minimum atomic E-state index is -1.18. The van der Waals surface area contributed by atoms with Crippen molar-refractivity contribution in [1.82, 2.24) is 15.0 Å². The molecule has 0 bridgehead atoms. The second-order valence-corrected chi connectivity index (χ2v) is 3.34. The first-order chi connectivity index (χ1) is 7.59. The third-order valence-electron chi connectivity index (χ3n) is 1.92. The van der Waals surface area contributed by atoms with Crippen molar-refractivity contribution in [3.8, 4) is 5.69 Å². The molecule has 0 spiro atoms. The Morgan fingerprint density at radius 3 is 2.88 bits per heavy atom. The maximum absolute atomic E-state index is 12.9. The number of hydrogen-bond donors (Lipinski definition) is 1. The molecule has 7 heteroatoms. The molecule has 0 unspecified atom stereocenters. The van der Waals surface area contributed by atoms with Crippen LogP contribution in [-0.4, -0.2) is 26.1 Å². The number of hydrogen-bond acceptors (Lipinski definition) is 3. The zero-order valence-corrected chi connectivity index (χ0v) is 8.52. The summed E-state index contributed by atoms with van der Waals surface area (Å²) in [6, 6.07) is 3.77. The Balaban J connectivity index is 2.54. The van der Waals surface area contributed by atoms with Crippen LogP contribution < -0.4 is 0 Å². The van der Waals surface area contributed by atoms with Gasteiger partial charge >= 0.3 is 5.97 Å². The van der Waals surface area contributed by atoms with Crippen molar-refractivity contribution >= 4 is 17.6 Å². The minimum absolute atomic E-state index is 0.107. The highest BCUT2D eigenvalue weighted by atomic mass is 35.5. The topological polar surface area (TPSA) is 68.0 Å². The largest absolute Gasteiger partial charge is 0.476 e. The van der Waals surface area contributed by atoms with Gasteiger partial charge in [-0.25, -0.2) is 13.9 Å². The lowest BCUT2D eigenvalue weighted by Gasteiger charge is -2.03. The van der Waals surface area contributed by atoms with Gasteiger partial charge in [0.05, 0.1) is 16.9 Å². The normalized spacial score (nSPS) is 10.4. The van der Waals surface area contributed by atoms with E-state index in [1.54, 1.807) is 0 Å². The first kappa shape index (κ1) is 10.6. The van der Waals surface area contributed by atoms with Crippen molar-refractivity contribution in [1.29, 1.82) is 0 Å². The first-order valence-electron chi connectivity index (χ1n) is 4.19. The fourth-order valence-electron chi connectivity index (χ4n) is 1.19. The Labute approximate surface area is 94.1 Å². The number of aromatic nitrogens is 3. The SMILES string of the molecule is O=C(O)c1cnnn1-c1ccc(F)c(Cl)c1. The highest BCUT2D eigenvalue weighted by Crippen LogP contribution is 2.19. The molecule has 1 N–H and O–H groups in total. The fraction of sp³-hybridized carbons (Fsp3) is 0. The molecular weight excluding hydrogens is 237 g/mol. The predicted molar refractivity (Wildman–Crippen MR) is 53.3 cm³/mol. The van der Waals surface area contributed by atoms with Gasteiger partial charge in [0.15, 0.2) is 5.69 Å². The molecular formula is C9H5ClFN3O2. The van der Waals surface area contributed by atoms with Crippen LogP contribution in [0, 0.1) is 5.82 Å². The maximum Gasteiger partial charge on any atom is 0.356 e. The van der Waals surface area contributed by atoms with Gasteiger partial charge in [0, 0.05) is 0 Å². The fourth-order valence-corrected chi connectivity index (χ4v) is 1.36. The molecule has 16 heavy (non-hydrogen) atoms. The van der Waals surface area contributed by atoms with Gasteiger partial charge in [-0.05, 0) is 18.2 Å². The Kier molecular flexibility index (Phi) is 2.57. The standard InChI is InChI=1S/C9H5ClFN3O2/c10-6-3-5(1-2-7(6)11)14-8(9(15)16)4-12-13-14/h1-4H,(H,15,16). The molecule has 0 saturated carbocycles. The van der Waals surface area contributed by atoms with Crippen LogP contribution in [-0.2, 0) is 0 Å². The van der Waals surface area contributed by atoms with Crippen LogP contribution in [0.15, 0.2) is 24.4 Å². The van der Waals surface area contributed by atoms with Gasteiger partial charge in [-0.3, -0.25) is 0 Å². The van der Waals surface area contributed by atoms with Crippen molar-refractivity contribution in [3.63, 3.8) is 0 Å². The van der Waals surface area contributed by atoms with Gasteiger partial charge in [0.1, 0.15) is 5.82 Å². The summed E-state index contributed by atoms with van der Waals surface area (Å²) < 4.78 is 14.0. The van der Waals surface area contributed by atoms with E-state index in [0.717, 1.165) is 16.9 Å². The third kappa shape index (κ3) is 1.74. The van der Waals surface area contributed by atoms with Crippen molar-refractivity contribution in [2.24, 2.45) is 0 Å². The van der Waals surface area contributed by atoms with E-state index in [-0.39, 0.29) is 10.7 Å². The highest BCUT2D eigenvalue weighted by molar-refractivity contribution is 6.30. The average Bonchev–Trinajstić information content (AvgIpc) is 2.71. The second-order valence-electron chi connectivity index (χ2n) is 2.93. The number of aromatic carboxylic acids is 1. The smallest absolute Gasteiger partial charge is 0.356 e. The molecule has 0 fully saturated rings. The Bertz CT molecular complexity index is 555. The van der Waals surface area contributed by atoms with Gasteiger partial charge in [-0.15, -0.1) is 5.10 Å². The highest BCUT2D eigenvalue weighted by Gasteiger charge is 2.13. The average molecular weight is 242 g/mol. The monoisotopic (exact) mass is 241 g/mol. The molecule has 0 saturated heterocycles. The molecule has 1 heterocycles. The van der Waals surface area contributed by atoms with E-state index >= 15 is 0 Å². The summed E-state index contributed by atoms with van der Waals surface area (Å²) in [5.41, 5.74) is 0.212. The molecule has 5 nitrogen and oxygen atoms in total. The van der Waals surface area contributed by atoms with Gasteiger partial charge in [0.25, 0.3) is 0 Å². The summed E-state index contributed by atoms with van der Waals surface area (Å²) >= 11 is 5.58. The lowest BCUT2D eigenvalue weighted by atomic mass is 10.3. The molecule has 1 aromatic carbocycles. The molecule has 0 aliphatic carbocycles. The van der Waals surface area contributed by atoms with Gasteiger partial charge in [0.2, 0.25) is 0 Å². The number of rotatable bonds is 2. The van der Waals surface area contributed by atoms with Crippen LogP contribution in [0.3, 0.4) is 0 Å². The zero-order valence-electron chi connectivity index (χ0n) is 7.76. The molecule has 2 aromatic rings. The van der Waals surface area contributed by atoms with Crippen LogP contribution in [0.4, 0.5) is 4.39 Å². The van der Waals surface area contributed by atoms with Gasteiger partial charge in [-0.1, -0.05) is 16.8 Å². The van der Waals surface area contributed by atoms with E-state index in [2.05, 4.69) is 10.3 Å². The molecule has 2 rings (SSSR count). The number of benzene rings is 1. The summed E-state index contributed by atoms with van der Waals surface area (Å²) in [6.07, 6.45) is 1.10. The molecule has 0 atom stereocenters. The van der Waals surface area contributed by atoms with E-state index in [9.17, 15) is 9.18 Å². The first-order valence-corrected chi connectivity index (χ1v) is 4.57. The van der Waals surface area contributed by atoms with E-state index in [0.29, 0.717) is 5.69 Å². The van der Waals surface area contributed by atoms with Crippen LogP contribution in [0.5, 0.6) is 0 Å². The third-order valence-corrected chi connectivity index (χ3v) is 2.21. The number of carboxylic acid groups (broad SMARTS) is 1. The van der Waals surface area contributed by atoms with Crippen molar-refractivity contribution in [2.45, 2.75) is 0 Å². The van der Waals surface area contributed by atoms with Crippen LogP contribution >= 0.6 is 11.6 Å². The quantitative estimate of drug-likeness (QED) is 0.870. The van der Waals surface area contributed by atoms with Crippen molar-refractivity contribution < 1.29 is 14.3 Å². The Morgan fingerprint density at radius 2 is 2.25 bits per heavy atom. The Morgan fingerprint density at radius 1 is 1.50 bits per heavy atom. The second kappa shape index (κ2) is 3.90. The zero-order chi connectivity index (χ0) is 11.7. The van der Waals surface area contributed by atoms with Crippen LogP contribution in [0.1, 0.15) is 10.5 Å². The molecule has 0 radical (unpaired) electrons. The summed E-state index contributed by atoms with van der Waals surface area (Å²) in [7, 11) is 0. The maximum atomic E-state index is 12.9. The summed E-state index contributed by atoms with van der Waals surface area (Å²) in [5, 5.41) is 15.8. The van der Waals surface area contributed by atoms with E-state index in [4.69, 9.17) is 16.7 Å². The summed E-state index contributed by atoms with van der Waals surface area (Å²) in [6.45, 7) is 0. The van der Waals surface area contributed by atoms with Crippen molar-refractivity contribution in [3.05, 3.63) is 40.9 Å². The lowest BCUT2D eigenvalue weighted by molar-refractivity contribution is 0.0687. The van der Waals surface area contributed by atoms with E-state index in [1.807, 2.05) is 0 Å².